The monoisotopic (exact) mass is 393 g/mol. The van der Waals surface area contributed by atoms with Crippen LogP contribution in [0.1, 0.15) is 6.92 Å². The van der Waals surface area contributed by atoms with Gasteiger partial charge in [0.05, 0.1) is 17.3 Å². The topological polar surface area (TPSA) is 44.8 Å². The molecule has 3 rings (SSSR count). The van der Waals surface area contributed by atoms with Gasteiger partial charge in [0.2, 0.25) is 0 Å². The van der Waals surface area contributed by atoms with Crippen LogP contribution in [0.2, 0.25) is 10.0 Å². The van der Waals surface area contributed by atoms with Crippen LogP contribution < -0.4 is 15.0 Å². The first-order valence-electron chi connectivity index (χ1n) is 8.55. The highest BCUT2D eigenvalue weighted by atomic mass is 35.5. The lowest BCUT2D eigenvalue weighted by Gasteiger charge is -2.36. The van der Waals surface area contributed by atoms with Gasteiger partial charge in [0.15, 0.2) is 0 Å². The van der Waals surface area contributed by atoms with E-state index in [-0.39, 0.29) is 6.03 Å². The number of hydrogen-bond donors (Lipinski definition) is 1. The van der Waals surface area contributed by atoms with Gasteiger partial charge in [0.25, 0.3) is 0 Å². The first-order valence-corrected chi connectivity index (χ1v) is 9.31. The molecule has 5 nitrogen and oxygen atoms in total. The van der Waals surface area contributed by atoms with Gasteiger partial charge in [-0.2, -0.15) is 0 Å². The molecule has 1 saturated heterocycles. The van der Waals surface area contributed by atoms with Gasteiger partial charge >= 0.3 is 6.03 Å². The number of halogens is 2. The third kappa shape index (κ3) is 4.54. The Kier molecular flexibility index (Phi) is 6.12. The van der Waals surface area contributed by atoms with Crippen LogP contribution in [0.25, 0.3) is 0 Å². The van der Waals surface area contributed by atoms with Crippen LogP contribution in [0.4, 0.5) is 16.2 Å². The standard InChI is InChI=1S/C19H21Cl2N3O2/c1-2-26-16-6-4-15(5-7-16)23-9-11-24(12-10-23)19(25)22-18-8-3-14(20)13-17(18)21/h3-8,13H,2,9-12H2,1H3,(H,22,25). The van der Waals surface area contributed by atoms with E-state index in [0.29, 0.717) is 35.4 Å². The minimum atomic E-state index is -0.152. The molecule has 7 heteroatoms. The molecule has 0 saturated carbocycles. The molecular formula is C19H21Cl2N3O2. The van der Waals surface area contributed by atoms with Crippen molar-refractivity contribution in [2.45, 2.75) is 6.92 Å². The second-order valence-corrected chi connectivity index (χ2v) is 6.80. The second-order valence-electron chi connectivity index (χ2n) is 5.96. The normalized spacial score (nSPS) is 14.3. The number of rotatable bonds is 4. The highest BCUT2D eigenvalue weighted by Crippen LogP contribution is 2.26. The molecule has 2 aromatic carbocycles. The maximum atomic E-state index is 12.5. The molecule has 1 heterocycles. The van der Waals surface area contributed by atoms with Gasteiger partial charge in [-0.25, -0.2) is 4.79 Å². The predicted molar refractivity (Wildman–Crippen MR) is 107 cm³/mol. The van der Waals surface area contributed by atoms with E-state index < -0.39 is 0 Å². The minimum absolute atomic E-state index is 0.152. The zero-order valence-corrected chi connectivity index (χ0v) is 16.1. The number of amides is 2. The van der Waals surface area contributed by atoms with Crippen molar-refractivity contribution in [2.24, 2.45) is 0 Å². The molecule has 26 heavy (non-hydrogen) atoms. The van der Waals surface area contributed by atoms with Crippen molar-refractivity contribution in [3.05, 3.63) is 52.5 Å². The number of benzene rings is 2. The van der Waals surface area contributed by atoms with Crippen LogP contribution in [0.3, 0.4) is 0 Å². The molecule has 2 aromatic rings. The Bertz CT molecular complexity index is 760. The summed E-state index contributed by atoms with van der Waals surface area (Å²) in [5.41, 5.74) is 1.70. The average Bonchev–Trinajstić information content (AvgIpc) is 2.65. The Hall–Kier alpha value is -2.11. The lowest BCUT2D eigenvalue weighted by atomic mass is 10.2. The molecule has 2 amide bonds. The summed E-state index contributed by atoms with van der Waals surface area (Å²) in [6.07, 6.45) is 0. The van der Waals surface area contributed by atoms with Crippen LogP contribution in [0.15, 0.2) is 42.5 Å². The van der Waals surface area contributed by atoms with E-state index in [1.54, 1.807) is 23.1 Å². The van der Waals surface area contributed by atoms with Crippen molar-refractivity contribution in [1.29, 1.82) is 0 Å². The van der Waals surface area contributed by atoms with Crippen molar-refractivity contribution in [3.8, 4) is 5.75 Å². The number of anilines is 2. The van der Waals surface area contributed by atoms with Gasteiger partial charge in [-0.05, 0) is 49.4 Å². The summed E-state index contributed by atoms with van der Waals surface area (Å²) in [4.78, 5) is 16.5. The molecule has 0 atom stereocenters. The fourth-order valence-electron chi connectivity index (χ4n) is 2.87. The summed E-state index contributed by atoms with van der Waals surface area (Å²) in [5.74, 6) is 0.870. The third-order valence-electron chi connectivity index (χ3n) is 4.25. The molecule has 138 valence electrons. The van der Waals surface area contributed by atoms with Gasteiger partial charge in [-0.3, -0.25) is 0 Å². The summed E-state index contributed by atoms with van der Waals surface area (Å²) < 4.78 is 5.47. The van der Waals surface area contributed by atoms with Gasteiger partial charge in [-0.15, -0.1) is 0 Å². The summed E-state index contributed by atoms with van der Waals surface area (Å²) in [6, 6.07) is 12.9. The molecule has 1 N–H and O–H groups in total. The van der Waals surface area contributed by atoms with Crippen molar-refractivity contribution in [2.75, 3.05) is 43.0 Å². The molecule has 0 aliphatic carbocycles. The highest BCUT2D eigenvalue weighted by Gasteiger charge is 2.22. The van der Waals surface area contributed by atoms with Gasteiger partial charge in [0.1, 0.15) is 5.75 Å². The van der Waals surface area contributed by atoms with E-state index in [1.807, 2.05) is 31.2 Å². The number of ether oxygens (including phenoxy) is 1. The van der Waals surface area contributed by atoms with Crippen molar-refractivity contribution < 1.29 is 9.53 Å². The van der Waals surface area contributed by atoms with Crippen molar-refractivity contribution >= 4 is 40.6 Å². The number of urea groups is 1. The molecule has 0 spiro atoms. The van der Waals surface area contributed by atoms with Gasteiger partial charge in [0, 0.05) is 36.9 Å². The summed E-state index contributed by atoms with van der Waals surface area (Å²) >= 11 is 12.0. The van der Waals surface area contributed by atoms with Crippen LogP contribution in [0.5, 0.6) is 5.75 Å². The van der Waals surface area contributed by atoms with Crippen LogP contribution in [-0.2, 0) is 0 Å². The van der Waals surface area contributed by atoms with Crippen LogP contribution in [-0.4, -0.2) is 43.7 Å². The molecule has 0 unspecified atom stereocenters. The molecule has 0 bridgehead atoms. The van der Waals surface area contributed by atoms with Gasteiger partial charge in [-0.1, -0.05) is 23.2 Å². The Morgan fingerprint density at radius 3 is 2.38 bits per heavy atom. The Labute approximate surface area is 163 Å². The highest BCUT2D eigenvalue weighted by molar-refractivity contribution is 6.36. The van der Waals surface area contributed by atoms with E-state index in [0.717, 1.165) is 24.5 Å². The van der Waals surface area contributed by atoms with E-state index in [2.05, 4.69) is 10.2 Å². The zero-order chi connectivity index (χ0) is 18.5. The molecule has 1 aliphatic rings. The molecule has 0 aromatic heterocycles. The van der Waals surface area contributed by atoms with Crippen LogP contribution >= 0.6 is 23.2 Å². The smallest absolute Gasteiger partial charge is 0.322 e. The zero-order valence-electron chi connectivity index (χ0n) is 14.5. The number of carbonyl (C=O) groups excluding carboxylic acids is 1. The van der Waals surface area contributed by atoms with E-state index in [9.17, 15) is 4.79 Å². The maximum Gasteiger partial charge on any atom is 0.322 e. The predicted octanol–water partition coefficient (Wildman–Crippen LogP) is 4.75. The number of nitrogens with zero attached hydrogens (tertiary/aromatic N) is 2. The number of piperazine rings is 1. The van der Waals surface area contributed by atoms with E-state index in [4.69, 9.17) is 27.9 Å². The number of carbonyl (C=O) groups is 1. The third-order valence-corrected chi connectivity index (χ3v) is 4.80. The Morgan fingerprint density at radius 2 is 1.77 bits per heavy atom. The lowest BCUT2D eigenvalue weighted by molar-refractivity contribution is 0.208. The lowest BCUT2D eigenvalue weighted by Crippen LogP contribution is -2.50. The second kappa shape index (κ2) is 8.52. The fourth-order valence-corrected chi connectivity index (χ4v) is 3.33. The van der Waals surface area contributed by atoms with E-state index in [1.165, 1.54) is 0 Å². The maximum absolute atomic E-state index is 12.5. The quantitative estimate of drug-likeness (QED) is 0.814. The van der Waals surface area contributed by atoms with Gasteiger partial charge < -0.3 is 19.9 Å². The molecular weight excluding hydrogens is 373 g/mol. The fraction of sp³-hybridized carbons (Fsp3) is 0.316. The van der Waals surface area contributed by atoms with Crippen molar-refractivity contribution in [3.63, 3.8) is 0 Å². The summed E-state index contributed by atoms with van der Waals surface area (Å²) in [7, 11) is 0. The average molecular weight is 394 g/mol. The Morgan fingerprint density at radius 1 is 1.08 bits per heavy atom. The van der Waals surface area contributed by atoms with Crippen LogP contribution in [0, 0.1) is 0 Å². The summed E-state index contributed by atoms with van der Waals surface area (Å²) in [6.45, 7) is 5.46. The first kappa shape index (κ1) is 18.7. The minimum Gasteiger partial charge on any atom is -0.494 e. The molecule has 0 radical (unpaired) electrons. The van der Waals surface area contributed by atoms with E-state index >= 15 is 0 Å². The first-order chi connectivity index (χ1) is 12.6. The SMILES string of the molecule is CCOc1ccc(N2CCN(C(=O)Nc3ccc(Cl)cc3Cl)CC2)cc1. The van der Waals surface area contributed by atoms with Crippen molar-refractivity contribution in [1.82, 2.24) is 4.90 Å². The number of hydrogen-bond acceptors (Lipinski definition) is 3. The number of nitrogens with one attached hydrogen (secondary N) is 1. The molecule has 1 fully saturated rings. The largest absolute Gasteiger partial charge is 0.494 e. The Balaban J connectivity index is 1.55. The summed E-state index contributed by atoms with van der Waals surface area (Å²) in [5, 5.41) is 3.81. The molecule has 1 aliphatic heterocycles.